The second-order valence-corrected chi connectivity index (χ2v) is 4.80. The lowest BCUT2D eigenvalue weighted by molar-refractivity contribution is 0.448. The molecule has 1 atom stereocenters. The summed E-state index contributed by atoms with van der Waals surface area (Å²) in [5.74, 6) is 0.0512. The molecule has 0 saturated heterocycles. The van der Waals surface area contributed by atoms with Gasteiger partial charge in [-0.1, -0.05) is 11.6 Å². The van der Waals surface area contributed by atoms with Crippen molar-refractivity contribution in [2.24, 2.45) is 0 Å². The number of rotatable bonds is 3. The van der Waals surface area contributed by atoms with Crippen LogP contribution < -0.4 is 5.32 Å². The first kappa shape index (κ1) is 13.5. The minimum absolute atomic E-state index is 0.0256. The van der Waals surface area contributed by atoms with Gasteiger partial charge >= 0.3 is 0 Å². The summed E-state index contributed by atoms with van der Waals surface area (Å²) >= 11 is 6.05. The number of phenolic OH excluding ortho intramolecular Hbond substituents is 2. The summed E-state index contributed by atoms with van der Waals surface area (Å²) in [6.45, 7) is 3.85. The van der Waals surface area contributed by atoms with Crippen molar-refractivity contribution in [3.8, 4) is 11.5 Å². The second-order valence-electron chi connectivity index (χ2n) is 4.44. The lowest BCUT2D eigenvalue weighted by Gasteiger charge is -2.18. The van der Waals surface area contributed by atoms with Crippen LogP contribution in [0.1, 0.15) is 24.1 Å². The van der Waals surface area contributed by atoms with Crippen LogP contribution >= 0.6 is 11.6 Å². The molecule has 0 aliphatic heterocycles. The second kappa shape index (κ2) is 5.36. The van der Waals surface area contributed by atoms with Crippen LogP contribution in [0.15, 0.2) is 30.5 Å². The van der Waals surface area contributed by atoms with E-state index < -0.39 is 0 Å². The van der Waals surface area contributed by atoms with Gasteiger partial charge in [-0.3, -0.25) is 0 Å². The third kappa shape index (κ3) is 3.09. The van der Waals surface area contributed by atoms with Crippen molar-refractivity contribution < 1.29 is 10.2 Å². The van der Waals surface area contributed by atoms with Gasteiger partial charge in [0.2, 0.25) is 0 Å². The fourth-order valence-electron chi connectivity index (χ4n) is 1.87. The molecule has 0 aliphatic carbocycles. The minimum Gasteiger partial charge on any atom is -0.508 e. The minimum atomic E-state index is -0.126. The molecule has 2 aromatic rings. The van der Waals surface area contributed by atoms with E-state index in [0.29, 0.717) is 5.15 Å². The number of aromatic hydroxyl groups is 2. The molecular weight excluding hydrogens is 264 g/mol. The third-order valence-electron chi connectivity index (χ3n) is 2.90. The predicted molar refractivity (Wildman–Crippen MR) is 75.8 cm³/mol. The van der Waals surface area contributed by atoms with Crippen molar-refractivity contribution >= 4 is 17.3 Å². The van der Waals surface area contributed by atoms with E-state index in [9.17, 15) is 10.2 Å². The summed E-state index contributed by atoms with van der Waals surface area (Å²) in [6, 6.07) is 6.21. The largest absolute Gasteiger partial charge is 0.508 e. The van der Waals surface area contributed by atoms with Crippen molar-refractivity contribution in [2.75, 3.05) is 5.32 Å². The monoisotopic (exact) mass is 278 g/mol. The topological polar surface area (TPSA) is 65.4 Å². The smallest absolute Gasteiger partial charge is 0.152 e. The Balaban J connectivity index is 2.28. The Morgan fingerprint density at radius 3 is 2.42 bits per heavy atom. The maximum absolute atomic E-state index is 9.49. The van der Waals surface area contributed by atoms with Gasteiger partial charge in [0.1, 0.15) is 11.5 Å². The molecule has 1 unspecified atom stereocenters. The van der Waals surface area contributed by atoms with Crippen molar-refractivity contribution in [2.45, 2.75) is 19.9 Å². The van der Waals surface area contributed by atoms with Gasteiger partial charge in [0.15, 0.2) is 5.15 Å². The van der Waals surface area contributed by atoms with Gasteiger partial charge in [0, 0.05) is 18.3 Å². The molecule has 0 bridgehead atoms. The number of anilines is 1. The number of halogens is 1. The first-order valence-corrected chi connectivity index (χ1v) is 6.25. The Kier molecular flexibility index (Phi) is 3.81. The van der Waals surface area contributed by atoms with Crippen LogP contribution in [-0.2, 0) is 0 Å². The Morgan fingerprint density at radius 1 is 1.21 bits per heavy atom. The average Bonchev–Trinajstić information content (AvgIpc) is 2.32. The van der Waals surface area contributed by atoms with E-state index in [1.54, 1.807) is 18.3 Å². The molecule has 4 nitrogen and oxygen atoms in total. The molecule has 3 N–H and O–H groups in total. The zero-order chi connectivity index (χ0) is 14.0. The number of benzene rings is 1. The highest BCUT2D eigenvalue weighted by atomic mass is 35.5. The van der Waals surface area contributed by atoms with Gasteiger partial charge in [-0.2, -0.15) is 0 Å². The van der Waals surface area contributed by atoms with Crippen molar-refractivity contribution in [3.05, 3.63) is 46.7 Å². The standard InChI is InChI=1S/C14H15ClN2O2/c1-8-3-4-16-14(15)13(8)17-9(2)10-5-11(18)7-12(19)6-10/h3-7,9,17-19H,1-2H3. The van der Waals surface area contributed by atoms with E-state index in [4.69, 9.17) is 11.6 Å². The molecule has 0 fully saturated rings. The van der Waals surface area contributed by atoms with Crippen LogP contribution in [-0.4, -0.2) is 15.2 Å². The number of hydrogen-bond acceptors (Lipinski definition) is 4. The van der Waals surface area contributed by atoms with Gasteiger partial charge < -0.3 is 15.5 Å². The predicted octanol–water partition coefficient (Wildman–Crippen LogP) is 3.63. The molecule has 100 valence electrons. The molecular formula is C14H15ClN2O2. The molecule has 1 aromatic carbocycles. The number of nitrogens with one attached hydrogen (secondary N) is 1. The number of hydrogen-bond donors (Lipinski definition) is 3. The molecule has 0 aliphatic rings. The Labute approximate surface area is 116 Å². The van der Waals surface area contributed by atoms with Crippen LogP contribution in [0.4, 0.5) is 5.69 Å². The van der Waals surface area contributed by atoms with Gasteiger partial charge in [-0.15, -0.1) is 0 Å². The number of aromatic nitrogens is 1. The summed E-state index contributed by atoms with van der Waals surface area (Å²) in [6.07, 6.45) is 1.65. The number of phenols is 2. The van der Waals surface area contributed by atoms with Gasteiger partial charge in [-0.05, 0) is 43.2 Å². The summed E-state index contributed by atoms with van der Waals surface area (Å²) in [5.41, 5.74) is 2.49. The van der Waals surface area contributed by atoms with Crippen molar-refractivity contribution in [1.82, 2.24) is 4.98 Å². The SMILES string of the molecule is Cc1ccnc(Cl)c1NC(C)c1cc(O)cc(O)c1. The molecule has 0 spiro atoms. The lowest BCUT2D eigenvalue weighted by Crippen LogP contribution is -2.08. The van der Waals surface area contributed by atoms with E-state index in [1.165, 1.54) is 6.07 Å². The highest BCUT2D eigenvalue weighted by Gasteiger charge is 2.12. The molecule has 2 rings (SSSR count). The lowest BCUT2D eigenvalue weighted by atomic mass is 10.1. The molecule has 19 heavy (non-hydrogen) atoms. The molecule has 1 heterocycles. The van der Waals surface area contributed by atoms with Crippen LogP contribution in [0.3, 0.4) is 0 Å². The van der Waals surface area contributed by atoms with E-state index >= 15 is 0 Å². The Morgan fingerprint density at radius 2 is 1.84 bits per heavy atom. The fourth-order valence-corrected chi connectivity index (χ4v) is 2.13. The molecule has 5 heteroatoms. The Hall–Kier alpha value is -1.94. The first-order chi connectivity index (χ1) is 8.97. The zero-order valence-electron chi connectivity index (χ0n) is 10.7. The number of aryl methyl sites for hydroxylation is 1. The number of nitrogens with zero attached hydrogens (tertiary/aromatic N) is 1. The third-order valence-corrected chi connectivity index (χ3v) is 3.19. The fraction of sp³-hybridized carbons (Fsp3) is 0.214. The summed E-state index contributed by atoms with van der Waals surface area (Å²) in [5, 5.41) is 22.6. The summed E-state index contributed by atoms with van der Waals surface area (Å²) in [7, 11) is 0. The van der Waals surface area contributed by atoms with Crippen LogP contribution in [0.2, 0.25) is 5.15 Å². The molecule has 0 radical (unpaired) electrons. The number of pyridine rings is 1. The zero-order valence-corrected chi connectivity index (χ0v) is 11.4. The maximum Gasteiger partial charge on any atom is 0.152 e. The van der Waals surface area contributed by atoms with E-state index in [2.05, 4.69) is 10.3 Å². The van der Waals surface area contributed by atoms with Gasteiger partial charge in [0.05, 0.1) is 5.69 Å². The van der Waals surface area contributed by atoms with Crippen molar-refractivity contribution in [1.29, 1.82) is 0 Å². The normalized spacial score (nSPS) is 12.2. The van der Waals surface area contributed by atoms with Crippen LogP contribution in [0, 0.1) is 6.92 Å². The highest BCUT2D eigenvalue weighted by molar-refractivity contribution is 6.32. The summed E-state index contributed by atoms with van der Waals surface area (Å²) < 4.78 is 0. The van der Waals surface area contributed by atoms with Gasteiger partial charge in [-0.25, -0.2) is 4.98 Å². The maximum atomic E-state index is 9.49. The van der Waals surface area contributed by atoms with E-state index in [0.717, 1.165) is 16.8 Å². The molecule has 0 saturated carbocycles. The molecule has 1 aromatic heterocycles. The highest BCUT2D eigenvalue weighted by Crippen LogP contribution is 2.30. The van der Waals surface area contributed by atoms with E-state index in [-0.39, 0.29) is 17.5 Å². The van der Waals surface area contributed by atoms with Crippen LogP contribution in [0.25, 0.3) is 0 Å². The quantitative estimate of drug-likeness (QED) is 0.750. The average molecular weight is 279 g/mol. The molecule has 0 amide bonds. The van der Waals surface area contributed by atoms with Crippen molar-refractivity contribution in [3.63, 3.8) is 0 Å². The Bertz CT molecular complexity index is 561. The van der Waals surface area contributed by atoms with Crippen LogP contribution in [0.5, 0.6) is 11.5 Å². The summed E-state index contributed by atoms with van der Waals surface area (Å²) in [4.78, 5) is 4.03. The van der Waals surface area contributed by atoms with Gasteiger partial charge in [0.25, 0.3) is 0 Å². The first-order valence-electron chi connectivity index (χ1n) is 5.88. The van der Waals surface area contributed by atoms with E-state index in [1.807, 2.05) is 19.9 Å².